The van der Waals surface area contributed by atoms with Crippen molar-refractivity contribution >= 4 is 0 Å². The monoisotopic (exact) mass is 195 g/mol. The van der Waals surface area contributed by atoms with E-state index in [9.17, 15) is 0 Å². The quantitative estimate of drug-likeness (QED) is 0.608. The van der Waals surface area contributed by atoms with Gasteiger partial charge in [-0.05, 0) is 32.9 Å². The first-order valence-electron chi connectivity index (χ1n) is 5.43. The van der Waals surface area contributed by atoms with Crippen LogP contribution in [0.4, 0.5) is 0 Å². The lowest BCUT2D eigenvalue weighted by Gasteiger charge is -2.15. The fourth-order valence-electron chi connectivity index (χ4n) is 1.17. The summed E-state index contributed by atoms with van der Waals surface area (Å²) in [6, 6.07) is 0. The molecule has 1 heteroatoms. The lowest BCUT2D eigenvalue weighted by Crippen LogP contribution is -2.10. The SMILES string of the molecule is CC(=CC=CCN(C)C)C(C)C(C)C. The maximum Gasteiger partial charge on any atom is 0.0160 e. The largest absolute Gasteiger partial charge is 0.306 e. The van der Waals surface area contributed by atoms with Gasteiger partial charge in [0, 0.05) is 6.54 Å². The van der Waals surface area contributed by atoms with Crippen LogP contribution in [-0.2, 0) is 0 Å². The van der Waals surface area contributed by atoms with Crippen molar-refractivity contribution in [3.63, 3.8) is 0 Å². The van der Waals surface area contributed by atoms with Crippen LogP contribution in [0.2, 0.25) is 0 Å². The first-order chi connectivity index (χ1) is 6.45. The minimum Gasteiger partial charge on any atom is -0.306 e. The predicted octanol–water partition coefficient (Wildman–Crippen LogP) is 3.34. The third kappa shape index (κ3) is 5.98. The van der Waals surface area contributed by atoms with Gasteiger partial charge in [-0.15, -0.1) is 0 Å². The Bertz CT molecular complexity index is 199. The highest BCUT2D eigenvalue weighted by Gasteiger charge is 2.07. The van der Waals surface area contributed by atoms with E-state index in [1.165, 1.54) is 5.57 Å². The summed E-state index contributed by atoms with van der Waals surface area (Å²) in [6.07, 6.45) is 6.58. The van der Waals surface area contributed by atoms with Gasteiger partial charge in [-0.2, -0.15) is 0 Å². The highest BCUT2D eigenvalue weighted by atomic mass is 15.0. The highest BCUT2D eigenvalue weighted by Crippen LogP contribution is 2.18. The molecule has 1 nitrogen and oxygen atoms in total. The van der Waals surface area contributed by atoms with Crippen LogP contribution in [0.3, 0.4) is 0 Å². The van der Waals surface area contributed by atoms with Gasteiger partial charge in [-0.25, -0.2) is 0 Å². The van der Waals surface area contributed by atoms with E-state index in [1.807, 2.05) is 0 Å². The van der Waals surface area contributed by atoms with Crippen LogP contribution in [0.5, 0.6) is 0 Å². The fourth-order valence-corrected chi connectivity index (χ4v) is 1.17. The van der Waals surface area contributed by atoms with Gasteiger partial charge in [0.05, 0.1) is 0 Å². The highest BCUT2D eigenvalue weighted by molar-refractivity contribution is 5.13. The third-order valence-corrected chi connectivity index (χ3v) is 2.68. The number of nitrogens with zero attached hydrogens (tertiary/aromatic N) is 1. The Morgan fingerprint density at radius 3 is 2.21 bits per heavy atom. The summed E-state index contributed by atoms with van der Waals surface area (Å²) >= 11 is 0. The van der Waals surface area contributed by atoms with Crippen LogP contribution in [0, 0.1) is 11.8 Å². The van der Waals surface area contributed by atoms with Crippen LogP contribution in [0.1, 0.15) is 27.7 Å². The number of hydrogen-bond donors (Lipinski definition) is 0. The molecule has 0 aliphatic carbocycles. The Hall–Kier alpha value is -0.560. The van der Waals surface area contributed by atoms with Crippen LogP contribution >= 0.6 is 0 Å². The van der Waals surface area contributed by atoms with Crippen molar-refractivity contribution in [1.82, 2.24) is 4.90 Å². The summed E-state index contributed by atoms with van der Waals surface area (Å²) in [6.45, 7) is 10.1. The van der Waals surface area contributed by atoms with Gasteiger partial charge >= 0.3 is 0 Å². The van der Waals surface area contributed by atoms with Gasteiger partial charge in [-0.1, -0.05) is 44.6 Å². The maximum absolute atomic E-state index is 2.29. The molecule has 0 bridgehead atoms. The summed E-state index contributed by atoms with van der Waals surface area (Å²) in [5.41, 5.74) is 1.47. The topological polar surface area (TPSA) is 3.24 Å². The summed E-state index contributed by atoms with van der Waals surface area (Å²) in [7, 11) is 4.16. The second-order valence-electron chi connectivity index (χ2n) is 4.63. The van der Waals surface area contributed by atoms with Crippen LogP contribution in [-0.4, -0.2) is 25.5 Å². The Morgan fingerprint density at radius 1 is 1.21 bits per heavy atom. The molecule has 0 N–H and O–H groups in total. The van der Waals surface area contributed by atoms with Crippen LogP contribution in [0.15, 0.2) is 23.8 Å². The summed E-state index contributed by atoms with van der Waals surface area (Å²) < 4.78 is 0. The van der Waals surface area contributed by atoms with Crippen molar-refractivity contribution in [2.45, 2.75) is 27.7 Å². The zero-order valence-electron chi connectivity index (χ0n) is 10.5. The van der Waals surface area contributed by atoms with E-state index in [2.05, 4.69) is 64.9 Å². The molecule has 0 fully saturated rings. The molecule has 0 heterocycles. The molecule has 1 atom stereocenters. The molecular weight excluding hydrogens is 170 g/mol. The predicted molar refractivity (Wildman–Crippen MR) is 65.5 cm³/mol. The molecule has 0 saturated carbocycles. The molecule has 0 aromatic rings. The average Bonchev–Trinajstić information content (AvgIpc) is 2.10. The fraction of sp³-hybridized carbons (Fsp3) is 0.692. The molecule has 0 spiro atoms. The van der Waals surface area contributed by atoms with Crippen molar-refractivity contribution in [3.05, 3.63) is 23.8 Å². The molecule has 0 saturated heterocycles. The Labute approximate surface area is 89.5 Å². The second-order valence-corrected chi connectivity index (χ2v) is 4.63. The number of hydrogen-bond acceptors (Lipinski definition) is 1. The molecule has 0 aliphatic heterocycles. The molecule has 0 aliphatic rings. The smallest absolute Gasteiger partial charge is 0.0160 e. The molecule has 0 aromatic carbocycles. The van der Waals surface area contributed by atoms with Gasteiger partial charge in [0.25, 0.3) is 0 Å². The van der Waals surface area contributed by atoms with E-state index in [-0.39, 0.29) is 0 Å². The number of rotatable bonds is 5. The zero-order chi connectivity index (χ0) is 11.1. The van der Waals surface area contributed by atoms with Crippen LogP contribution < -0.4 is 0 Å². The van der Waals surface area contributed by atoms with E-state index in [0.717, 1.165) is 12.5 Å². The summed E-state index contributed by atoms with van der Waals surface area (Å²) in [4.78, 5) is 2.16. The molecule has 82 valence electrons. The molecule has 1 unspecified atom stereocenters. The lowest BCUT2D eigenvalue weighted by atomic mass is 9.91. The van der Waals surface area contributed by atoms with Crippen molar-refractivity contribution in [3.8, 4) is 0 Å². The third-order valence-electron chi connectivity index (χ3n) is 2.68. The van der Waals surface area contributed by atoms with Crippen LogP contribution in [0.25, 0.3) is 0 Å². The van der Waals surface area contributed by atoms with E-state index >= 15 is 0 Å². The average molecular weight is 195 g/mol. The standard InChI is InChI=1S/C13H25N/c1-11(2)13(4)12(3)9-7-8-10-14(5)6/h7-9,11,13H,10H2,1-6H3. The van der Waals surface area contributed by atoms with Crippen molar-refractivity contribution in [2.24, 2.45) is 11.8 Å². The number of allylic oxidation sites excluding steroid dienone is 3. The van der Waals surface area contributed by atoms with Gasteiger partial charge in [0.1, 0.15) is 0 Å². The first-order valence-corrected chi connectivity index (χ1v) is 5.43. The van der Waals surface area contributed by atoms with Gasteiger partial charge in [0.15, 0.2) is 0 Å². The lowest BCUT2D eigenvalue weighted by molar-refractivity contribution is 0.456. The molecule has 0 aromatic heterocycles. The molecule has 14 heavy (non-hydrogen) atoms. The normalized spacial score (nSPS) is 15.9. The molecular formula is C13H25N. The number of likely N-dealkylation sites (N-methyl/N-ethyl adjacent to an activating group) is 1. The van der Waals surface area contributed by atoms with E-state index in [1.54, 1.807) is 0 Å². The van der Waals surface area contributed by atoms with E-state index in [4.69, 9.17) is 0 Å². The zero-order valence-corrected chi connectivity index (χ0v) is 10.5. The first kappa shape index (κ1) is 13.4. The Balaban J connectivity index is 4.05. The van der Waals surface area contributed by atoms with E-state index in [0.29, 0.717) is 5.92 Å². The maximum atomic E-state index is 2.29. The molecule has 0 rings (SSSR count). The van der Waals surface area contributed by atoms with Crippen molar-refractivity contribution in [2.75, 3.05) is 20.6 Å². The Morgan fingerprint density at radius 2 is 1.79 bits per heavy atom. The van der Waals surface area contributed by atoms with Gasteiger partial charge in [0.2, 0.25) is 0 Å². The minimum atomic E-state index is 0.680. The van der Waals surface area contributed by atoms with Crippen molar-refractivity contribution < 1.29 is 0 Å². The van der Waals surface area contributed by atoms with Gasteiger partial charge in [-0.3, -0.25) is 0 Å². The van der Waals surface area contributed by atoms with E-state index < -0.39 is 0 Å². The second kappa shape index (κ2) is 6.83. The van der Waals surface area contributed by atoms with Gasteiger partial charge < -0.3 is 4.90 Å². The molecule has 0 amide bonds. The summed E-state index contributed by atoms with van der Waals surface area (Å²) in [5, 5.41) is 0. The Kier molecular flexibility index (Phi) is 6.56. The molecule has 0 radical (unpaired) electrons. The summed E-state index contributed by atoms with van der Waals surface area (Å²) in [5.74, 6) is 1.41. The van der Waals surface area contributed by atoms with Crippen molar-refractivity contribution in [1.29, 1.82) is 0 Å². The minimum absolute atomic E-state index is 0.680.